The van der Waals surface area contributed by atoms with Crippen molar-refractivity contribution in [1.82, 2.24) is 5.32 Å². The number of aliphatic hydroxyl groups is 2. The first kappa shape index (κ1) is 13.3. The zero-order chi connectivity index (χ0) is 12.3. The van der Waals surface area contributed by atoms with Gasteiger partial charge in [-0.3, -0.25) is 0 Å². The number of aliphatic hydroxyl groups excluding tert-OH is 2. The van der Waals surface area contributed by atoms with Crippen LogP contribution in [0.4, 0.5) is 8.78 Å². The maximum absolute atomic E-state index is 13.1. The molecule has 3 N–H and O–H groups in total. The van der Waals surface area contributed by atoms with Crippen molar-refractivity contribution in [1.29, 1.82) is 0 Å². The van der Waals surface area contributed by atoms with E-state index in [9.17, 15) is 19.0 Å². The van der Waals surface area contributed by atoms with E-state index in [0.717, 1.165) is 12.1 Å². The van der Waals surface area contributed by atoms with Crippen molar-refractivity contribution >= 4 is 11.6 Å². The molecule has 90 valence electrons. The first-order valence-electron chi connectivity index (χ1n) is 4.62. The summed E-state index contributed by atoms with van der Waals surface area (Å²) in [6.07, 6.45) is -2.52. The van der Waals surface area contributed by atoms with Gasteiger partial charge in [0.05, 0.1) is 6.10 Å². The second-order valence-corrected chi connectivity index (χ2v) is 3.75. The van der Waals surface area contributed by atoms with Crippen molar-refractivity contribution in [2.24, 2.45) is 0 Å². The molecule has 16 heavy (non-hydrogen) atoms. The van der Waals surface area contributed by atoms with Crippen molar-refractivity contribution in [3.63, 3.8) is 0 Å². The lowest BCUT2D eigenvalue weighted by atomic mass is 10.0. The van der Waals surface area contributed by atoms with Crippen molar-refractivity contribution < 1.29 is 19.0 Å². The average molecular weight is 252 g/mol. The van der Waals surface area contributed by atoms with Gasteiger partial charge in [-0.25, -0.2) is 8.78 Å². The van der Waals surface area contributed by atoms with E-state index in [4.69, 9.17) is 11.6 Å². The maximum atomic E-state index is 13.1. The summed E-state index contributed by atoms with van der Waals surface area (Å²) in [6, 6.07) is 1.80. The molecule has 0 aliphatic rings. The lowest BCUT2D eigenvalue weighted by molar-refractivity contribution is 0.0199. The number of rotatable bonds is 4. The highest BCUT2D eigenvalue weighted by Crippen LogP contribution is 2.25. The van der Waals surface area contributed by atoms with Gasteiger partial charge in [0, 0.05) is 6.54 Å². The van der Waals surface area contributed by atoms with E-state index >= 15 is 0 Å². The molecular weight excluding hydrogens is 240 g/mol. The second-order valence-electron chi connectivity index (χ2n) is 3.37. The molecule has 0 heterocycles. The lowest BCUT2D eigenvalue weighted by Gasteiger charge is -2.18. The Morgan fingerprint density at radius 2 is 1.81 bits per heavy atom. The van der Waals surface area contributed by atoms with E-state index in [2.05, 4.69) is 5.32 Å². The fourth-order valence-electron chi connectivity index (χ4n) is 1.29. The minimum atomic E-state index is -1.37. The summed E-state index contributed by atoms with van der Waals surface area (Å²) in [5, 5.41) is 21.0. The molecule has 0 aliphatic heterocycles. The topological polar surface area (TPSA) is 52.5 Å². The Morgan fingerprint density at radius 3 is 2.25 bits per heavy atom. The zero-order valence-corrected chi connectivity index (χ0v) is 9.30. The van der Waals surface area contributed by atoms with Gasteiger partial charge in [-0.05, 0) is 24.7 Å². The highest BCUT2D eigenvalue weighted by atomic mass is 35.5. The largest absolute Gasteiger partial charge is 0.389 e. The van der Waals surface area contributed by atoms with E-state index in [-0.39, 0.29) is 12.1 Å². The number of halogens is 3. The SMILES string of the molecule is CNCC(O)C(O)c1cc(F)c(Cl)c(F)c1. The van der Waals surface area contributed by atoms with Crippen LogP contribution in [-0.4, -0.2) is 29.9 Å². The fraction of sp³-hybridized carbons (Fsp3) is 0.400. The summed E-state index contributed by atoms with van der Waals surface area (Å²) in [7, 11) is 1.58. The summed E-state index contributed by atoms with van der Waals surface area (Å²) in [6.45, 7) is 0.104. The average Bonchev–Trinajstić information content (AvgIpc) is 2.24. The molecule has 0 aliphatic carbocycles. The van der Waals surface area contributed by atoms with E-state index in [1.54, 1.807) is 7.05 Å². The fourth-order valence-corrected chi connectivity index (χ4v) is 1.40. The molecule has 0 spiro atoms. The molecule has 0 saturated carbocycles. The van der Waals surface area contributed by atoms with Crippen LogP contribution in [0.25, 0.3) is 0 Å². The van der Waals surface area contributed by atoms with Crippen molar-refractivity contribution in [3.8, 4) is 0 Å². The molecule has 1 aromatic rings. The Labute approximate surface area is 96.7 Å². The van der Waals surface area contributed by atoms with Crippen LogP contribution in [0.3, 0.4) is 0 Å². The summed E-state index contributed by atoms with van der Waals surface area (Å²) in [4.78, 5) is 0. The first-order chi connectivity index (χ1) is 7.47. The molecule has 0 saturated heterocycles. The Hall–Kier alpha value is -0.750. The summed E-state index contributed by atoms with van der Waals surface area (Å²) in [5.41, 5.74) is -0.0536. The zero-order valence-electron chi connectivity index (χ0n) is 8.54. The van der Waals surface area contributed by atoms with E-state index < -0.39 is 28.9 Å². The first-order valence-corrected chi connectivity index (χ1v) is 5.00. The van der Waals surface area contributed by atoms with Gasteiger partial charge in [-0.1, -0.05) is 11.6 Å². The monoisotopic (exact) mass is 251 g/mol. The predicted octanol–water partition coefficient (Wildman–Crippen LogP) is 1.23. The minimum absolute atomic E-state index is 0.0536. The van der Waals surface area contributed by atoms with E-state index in [1.165, 1.54) is 0 Å². The summed E-state index contributed by atoms with van der Waals surface area (Å²) in [5.74, 6) is -1.93. The lowest BCUT2D eigenvalue weighted by Crippen LogP contribution is -2.29. The quantitative estimate of drug-likeness (QED) is 0.706. The molecule has 0 aromatic heterocycles. The normalized spacial score (nSPS) is 14.9. The van der Waals surface area contributed by atoms with Crippen molar-refractivity contribution in [3.05, 3.63) is 34.4 Å². The molecule has 6 heteroatoms. The van der Waals surface area contributed by atoms with E-state index in [1.807, 2.05) is 0 Å². The third kappa shape index (κ3) is 2.89. The highest BCUT2D eigenvalue weighted by Gasteiger charge is 2.20. The standard InChI is InChI=1S/C10H12ClF2NO2/c1-14-4-8(15)10(16)5-2-6(12)9(11)7(13)3-5/h2-3,8,10,14-16H,4H2,1H3. The van der Waals surface area contributed by atoms with Gasteiger partial charge >= 0.3 is 0 Å². The van der Waals surface area contributed by atoms with Gasteiger partial charge in [0.25, 0.3) is 0 Å². The molecule has 0 radical (unpaired) electrons. The van der Waals surface area contributed by atoms with Crippen LogP contribution in [0.2, 0.25) is 5.02 Å². The van der Waals surface area contributed by atoms with Gasteiger partial charge in [0.1, 0.15) is 22.8 Å². The van der Waals surface area contributed by atoms with Gasteiger partial charge in [-0.15, -0.1) is 0 Å². The van der Waals surface area contributed by atoms with Gasteiger partial charge in [0.2, 0.25) is 0 Å². The third-order valence-corrected chi connectivity index (χ3v) is 2.49. The molecular formula is C10H12ClF2NO2. The van der Waals surface area contributed by atoms with Crippen LogP contribution in [-0.2, 0) is 0 Å². The van der Waals surface area contributed by atoms with Gasteiger partial charge < -0.3 is 15.5 Å². The highest BCUT2D eigenvalue weighted by molar-refractivity contribution is 6.30. The van der Waals surface area contributed by atoms with Crippen LogP contribution < -0.4 is 5.32 Å². The summed E-state index contributed by atoms with van der Waals surface area (Å²) >= 11 is 5.29. The predicted molar refractivity (Wildman–Crippen MR) is 56.3 cm³/mol. The summed E-state index contributed by atoms with van der Waals surface area (Å²) < 4.78 is 26.1. The van der Waals surface area contributed by atoms with Crippen LogP contribution in [0, 0.1) is 11.6 Å². The number of hydrogen-bond donors (Lipinski definition) is 3. The van der Waals surface area contributed by atoms with Crippen LogP contribution >= 0.6 is 11.6 Å². The van der Waals surface area contributed by atoms with Crippen LogP contribution in [0.15, 0.2) is 12.1 Å². The number of nitrogens with one attached hydrogen (secondary N) is 1. The van der Waals surface area contributed by atoms with Crippen LogP contribution in [0.1, 0.15) is 11.7 Å². The molecule has 1 aromatic carbocycles. The molecule has 0 amide bonds. The van der Waals surface area contributed by atoms with E-state index in [0.29, 0.717) is 0 Å². The van der Waals surface area contributed by atoms with Gasteiger partial charge in [0.15, 0.2) is 0 Å². The Balaban J connectivity index is 2.96. The number of benzene rings is 1. The van der Waals surface area contributed by atoms with Crippen molar-refractivity contribution in [2.75, 3.05) is 13.6 Å². The molecule has 3 nitrogen and oxygen atoms in total. The molecule has 0 fully saturated rings. The molecule has 1 rings (SSSR count). The van der Waals surface area contributed by atoms with Gasteiger partial charge in [-0.2, -0.15) is 0 Å². The maximum Gasteiger partial charge on any atom is 0.145 e. The third-order valence-electron chi connectivity index (χ3n) is 2.13. The molecule has 2 unspecified atom stereocenters. The Bertz CT molecular complexity index is 353. The van der Waals surface area contributed by atoms with Crippen LogP contribution in [0.5, 0.6) is 0 Å². The minimum Gasteiger partial charge on any atom is -0.389 e. The second kappa shape index (κ2) is 5.54. The Morgan fingerprint density at radius 1 is 1.31 bits per heavy atom. The van der Waals surface area contributed by atoms with Crippen molar-refractivity contribution in [2.45, 2.75) is 12.2 Å². The molecule has 2 atom stereocenters. The smallest absolute Gasteiger partial charge is 0.145 e. The molecule has 0 bridgehead atoms. The Kier molecular flexibility index (Phi) is 4.61. The number of hydrogen-bond acceptors (Lipinski definition) is 3. The number of likely N-dealkylation sites (N-methyl/N-ethyl adjacent to an activating group) is 1.